The van der Waals surface area contributed by atoms with E-state index in [2.05, 4.69) is 14.8 Å². The highest BCUT2D eigenvalue weighted by molar-refractivity contribution is 7.86. The Bertz CT molecular complexity index is 1500. The summed E-state index contributed by atoms with van der Waals surface area (Å²) >= 11 is 0. The number of hydrogen-bond donors (Lipinski definition) is 4. The highest BCUT2D eigenvalue weighted by Gasteiger charge is 2.24. The number of nitrogen functional groups attached to an aromatic ring is 1. The van der Waals surface area contributed by atoms with Crippen molar-refractivity contribution in [3.8, 4) is 11.1 Å². The van der Waals surface area contributed by atoms with E-state index in [-0.39, 0.29) is 34.1 Å². The van der Waals surface area contributed by atoms with Crippen molar-refractivity contribution in [3.05, 3.63) is 89.0 Å². The SMILES string of the molecule is CCC(C)NC(=O)c1ccc(-c2ccccc2C(=O)Nc2ccc(C(=N)N)cc2)c(C(=O)OS(C)(=O)=O)c1. The molecule has 198 valence electrons. The molecule has 0 aliphatic heterocycles. The lowest BCUT2D eigenvalue weighted by molar-refractivity contribution is 0.0748. The van der Waals surface area contributed by atoms with Crippen LogP contribution in [0.3, 0.4) is 0 Å². The monoisotopic (exact) mass is 536 g/mol. The molecule has 0 fully saturated rings. The normalized spacial score (nSPS) is 11.8. The Morgan fingerprint density at radius 2 is 1.53 bits per heavy atom. The summed E-state index contributed by atoms with van der Waals surface area (Å²) in [5.74, 6) is -2.24. The van der Waals surface area contributed by atoms with Crippen molar-refractivity contribution in [2.75, 3.05) is 11.6 Å². The van der Waals surface area contributed by atoms with E-state index in [1.54, 1.807) is 48.5 Å². The van der Waals surface area contributed by atoms with E-state index < -0.39 is 27.9 Å². The molecular formula is C27H28N4O6S. The van der Waals surface area contributed by atoms with Gasteiger partial charge in [0.15, 0.2) is 0 Å². The second kappa shape index (κ2) is 11.7. The number of rotatable bonds is 9. The van der Waals surface area contributed by atoms with Gasteiger partial charge in [0, 0.05) is 28.4 Å². The summed E-state index contributed by atoms with van der Waals surface area (Å²) in [6.07, 6.45) is 1.43. The lowest BCUT2D eigenvalue weighted by atomic mass is 9.93. The van der Waals surface area contributed by atoms with Gasteiger partial charge in [-0.1, -0.05) is 31.2 Å². The van der Waals surface area contributed by atoms with Crippen LogP contribution in [0.2, 0.25) is 0 Å². The highest BCUT2D eigenvalue weighted by atomic mass is 32.2. The Labute approximate surface area is 220 Å². The van der Waals surface area contributed by atoms with Crippen LogP contribution in [0.4, 0.5) is 5.69 Å². The maximum Gasteiger partial charge on any atom is 0.354 e. The fourth-order valence-corrected chi connectivity index (χ4v) is 3.89. The predicted molar refractivity (Wildman–Crippen MR) is 145 cm³/mol. The van der Waals surface area contributed by atoms with Crippen LogP contribution < -0.4 is 16.4 Å². The summed E-state index contributed by atoms with van der Waals surface area (Å²) in [5, 5.41) is 13.0. The molecule has 0 spiro atoms. The quantitative estimate of drug-likeness (QED) is 0.184. The van der Waals surface area contributed by atoms with Crippen molar-refractivity contribution in [2.24, 2.45) is 5.73 Å². The van der Waals surface area contributed by atoms with Gasteiger partial charge in [-0.25, -0.2) is 4.79 Å². The summed E-state index contributed by atoms with van der Waals surface area (Å²) < 4.78 is 28.0. The Hall–Kier alpha value is -4.51. The predicted octanol–water partition coefficient (Wildman–Crippen LogP) is 3.53. The lowest BCUT2D eigenvalue weighted by Gasteiger charge is -2.16. The van der Waals surface area contributed by atoms with Gasteiger partial charge in [0.2, 0.25) is 0 Å². The topological polar surface area (TPSA) is 169 Å². The minimum absolute atomic E-state index is 0.108. The second-order valence-corrected chi connectivity index (χ2v) is 10.2. The molecule has 0 saturated heterocycles. The van der Waals surface area contributed by atoms with Crippen LogP contribution in [0.25, 0.3) is 11.1 Å². The van der Waals surface area contributed by atoms with Crippen molar-refractivity contribution in [1.82, 2.24) is 5.32 Å². The van der Waals surface area contributed by atoms with Gasteiger partial charge in [0.1, 0.15) is 5.84 Å². The maximum absolute atomic E-state index is 13.2. The first-order chi connectivity index (χ1) is 17.9. The van der Waals surface area contributed by atoms with Gasteiger partial charge in [-0.05, 0) is 66.9 Å². The highest BCUT2D eigenvalue weighted by Crippen LogP contribution is 2.30. The minimum atomic E-state index is -4.16. The molecule has 10 nitrogen and oxygen atoms in total. The molecule has 0 heterocycles. The van der Waals surface area contributed by atoms with Crippen molar-refractivity contribution in [3.63, 3.8) is 0 Å². The summed E-state index contributed by atoms with van der Waals surface area (Å²) in [4.78, 5) is 38.8. The first-order valence-corrected chi connectivity index (χ1v) is 13.4. The molecule has 0 bridgehead atoms. The lowest BCUT2D eigenvalue weighted by Crippen LogP contribution is -2.32. The second-order valence-electron chi connectivity index (χ2n) is 8.61. The van der Waals surface area contributed by atoms with Gasteiger partial charge < -0.3 is 20.6 Å². The molecule has 1 atom stereocenters. The number of amidine groups is 1. The van der Waals surface area contributed by atoms with Crippen molar-refractivity contribution < 1.29 is 27.0 Å². The van der Waals surface area contributed by atoms with E-state index >= 15 is 0 Å². The number of carbonyl (C=O) groups excluding carboxylic acids is 3. The third-order valence-corrected chi connectivity index (χ3v) is 6.09. The third kappa shape index (κ3) is 7.04. The van der Waals surface area contributed by atoms with Gasteiger partial charge in [-0.2, -0.15) is 8.42 Å². The van der Waals surface area contributed by atoms with E-state index in [9.17, 15) is 22.8 Å². The van der Waals surface area contributed by atoms with Gasteiger partial charge in [0.05, 0.1) is 11.8 Å². The minimum Gasteiger partial charge on any atom is -0.384 e. The standard InChI is InChI=1S/C27H28N4O6S/c1-4-16(2)30-25(32)18-11-14-21(23(15-18)27(34)37-38(3,35)36)20-7-5-6-8-22(20)26(33)31-19-12-9-17(10-13-19)24(28)29/h5-16H,4H2,1-3H3,(H3,28,29)(H,30,32)(H,31,33). The Kier molecular flexibility index (Phi) is 8.64. The zero-order valence-corrected chi connectivity index (χ0v) is 21.9. The molecule has 11 heteroatoms. The number of anilines is 1. The van der Waals surface area contributed by atoms with Crippen LogP contribution >= 0.6 is 0 Å². The largest absolute Gasteiger partial charge is 0.384 e. The molecule has 1 unspecified atom stereocenters. The first kappa shape index (κ1) is 28.1. The smallest absolute Gasteiger partial charge is 0.354 e. The number of nitrogens with one attached hydrogen (secondary N) is 3. The number of amides is 2. The van der Waals surface area contributed by atoms with Gasteiger partial charge in [-0.15, -0.1) is 0 Å². The summed E-state index contributed by atoms with van der Waals surface area (Å²) in [5.41, 5.74) is 7.06. The van der Waals surface area contributed by atoms with Crippen LogP contribution in [0.15, 0.2) is 66.7 Å². The molecule has 3 aromatic rings. The Balaban J connectivity index is 2.05. The van der Waals surface area contributed by atoms with Crippen molar-refractivity contribution in [2.45, 2.75) is 26.3 Å². The molecule has 2 amide bonds. The van der Waals surface area contributed by atoms with Crippen LogP contribution in [0, 0.1) is 5.41 Å². The molecule has 0 aliphatic rings. The Morgan fingerprint density at radius 3 is 2.13 bits per heavy atom. The molecule has 38 heavy (non-hydrogen) atoms. The van der Waals surface area contributed by atoms with E-state index in [0.717, 1.165) is 6.26 Å². The van der Waals surface area contributed by atoms with Gasteiger partial charge in [-0.3, -0.25) is 15.0 Å². The molecule has 0 aliphatic carbocycles. The van der Waals surface area contributed by atoms with E-state index in [0.29, 0.717) is 23.2 Å². The van der Waals surface area contributed by atoms with E-state index in [1.165, 1.54) is 18.2 Å². The van der Waals surface area contributed by atoms with Gasteiger partial charge >= 0.3 is 16.1 Å². The molecular weight excluding hydrogens is 508 g/mol. The number of benzene rings is 3. The summed E-state index contributed by atoms with van der Waals surface area (Å²) in [7, 11) is -4.16. The molecule has 0 saturated carbocycles. The number of nitrogens with two attached hydrogens (primary N) is 1. The number of hydrogen-bond acceptors (Lipinski definition) is 7. The Morgan fingerprint density at radius 1 is 0.921 bits per heavy atom. The van der Waals surface area contributed by atoms with Crippen LogP contribution in [0.1, 0.15) is 56.9 Å². The van der Waals surface area contributed by atoms with Crippen LogP contribution in [0.5, 0.6) is 0 Å². The fourth-order valence-electron chi connectivity index (χ4n) is 3.53. The van der Waals surface area contributed by atoms with E-state index in [4.69, 9.17) is 11.1 Å². The average Bonchev–Trinajstić information content (AvgIpc) is 2.87. The molecule has 3 rings (SSSR count). The number of carbonyl (C=O) groups is 3. The van der Waals surface area contributed by atoms with Crippen LogP contribution in [-0.4, -0.2) is 44.3 Å². The molecule has 0 aromatic heterocycles. The average molecular weight is 537 g/mol. The van der Waals surface area contributed by atoms with Crippen molar-refractivity contribution in [1.29, 1.82) is 5.41 Å². The molecule has 5 N–H and O–H groups in total. The van der Waals surface area contributed by atoms with Crippen molar-refractivity contribution >= 4 is 39.4 Å². The fraction of sp³-hybridized carbons (Fsp3) is 0.185. The van der Waals surface area contributed by atoms with E-state index in [1.807, 2.05) is 13.8 Å². The third-order valence-electron chi connectivity index (χ3n) is 5.63. The first-order valence-electron chi connectivity index (χ1n) is 11.6. The van der Waals surface area contributed by atoms with Crippen LogP contribution in [-0.2, 0) is 14.3 Å². The zero-order chi connectivity index (χ0) is 28.0. The summed E-state index contributed by atoms with van der Waals surface area (Å²) in [6.45, 7) is 3.73. The molecule has 0 radical (unpaired) electrons. The zero-order valence-electron chi connectivity index (χ0n) is 21.1. The molecule has 3 aromatic carbocycles. The van der Waals surface area contributed by atoms with Gasteiger partial charge in [0.25, 0.3) is 11.8 Å². The summed E-state index contributed by atoms with van der Waals surface area (Å²) in [6, 6.07) is 16.9. The maximum atomic E-state index is 13.2.